The zero-order valence-electron chi connectivity index (χ0n) is 13.4. The van der Waals surface area contributed by atoms with E-state index in [1.54, 1.807) is 25.3 Å². The van der Waals surface area contributed by atoms with Crippen molar-refractivity contribution >= 4 is 10.0 Å². The molecular formula is C16H26N2O3S. The summed E-state index contributed by atoms with van der Waals surface area (Å²) in [6.07, 6.45) is 3.71. The fraction of sp³-hybridized carbons (Fsp3) is 0.625. The number of methoxy groups -OCH3 is 1. The summed E-state index contributed by atoms with van der Waals surface area (Å²) in [5.74, 6) is 0.656. The van der Waals surface area contributed by atoms with Crippen molar-refractivity contribution in [2.24, 2.45) is 0 Å². The van der Waals surface area contributed by atoms with Gasteiger partial charge >= 0.3 is 0 Å². The maximum absolute atomic E-state index is 12.3. The Morgan fingerprint density at radius 3 is 2.68 bits per heavy atom. The fourth-order valence-corrected chi connectivity index (χ4v) is 4.29. The summed E-state index contributed by atoms with van der Waals surface area (Å²) in [6.45, 7) is 4.85. The summed E-state index contributed by atoms with van der Waals surface area (Å²) in [7, 11) is -1.77. The normalized spacial score (nSPS) is 18.1. The molecule has 1 heterocycles. The van der Waals surface area contributed by atoms with Gasteiger partial charge in [-0.15, -0.1) is 0 Å². The zero-order chi connectivity index (χ0) is 16.0. The zero-order valence-corrected chi connectivity index (χ0v) is 14.2. The summed E-state index contributed by atoms with van der Waals surface area (Å²) < 4.78 is 32.5. The summed E-state index contributed by atoms with van der Waals surface area (Å²) in [5, 5.41) is 0. The molecule has 1 aromatic carbocycles. The first kappa shape index (κ1) is 17.2. The number of nitrogens with one attached hydrogen (secondary N) is 1. The molecule has 0 amide bonds. The second-order valence-corrected chi connectivity index (χ2v) is 7.74. The molecule has 0 aliphatic carbocycles. The third kappa shape index (κ3) is 5.59. The average Bonchev–Trinajstić information content (AvgIpc) is 2.47. The number of hydrogen-bond acceptors (Lipinski definition) is 4. The van der Waals surface area contributed by atoms with Crippen LogP contribution in [0.15, 0.2) is 24.3 Å². The molecule has 0 bridgehead atoms. The smallest absolute Gasteiger partial charge is 0.216 e. The lowest BCUT2D eigenvalue weighted by atomic mass is 10.1. The number of piperidine rings is 1. The molecule has 1 fully saturated rings. The van der Waals surface area contributed by atoms with Crippen molar-refractivity contribution in [3.8, 4) is 5.75 Å². The van der Waals surface area contributed by atoms with Crippen LogP contribution in [0.5, 0.6) is 5.75 Å². The van der Waals surface area contributed by atoms with Gasteiger partial charge in [0, 0.05) is 12.6 Å². The van der Waals surface area contributed by atoms with Gasteiger partial charge in [0.15, 0.2) is 0 Å². The molecule has 124 valence electrons. The van der Waals surface area contributed by atoms with Gasteiger partial charge in [-0.2, -0.15) is 0 Å². The summed E-state index contributed by atoms with van der Waals surface area (Å²) >= 11 is 0. The minimum atomic E-state index is -3.34. The van der Waals surface area contributed by atoms with E-state index in [1.165, 1.54) is 19.3 Å². The van der Waals surface area contributed by atoms with Crippen molar-refractivity contribution in [1.29, 1.82) is 0 Å². The van der Waals surface area contributed by atoms with Gasteiger partial charge in [-0.05, 0) is 50.6 Å². The largest absolute Gasteiger partial charge is 0.497 e. The predicted octanol–water partition coefficient (Wildman–Crippen LogP) is 1.99. The van der Waals surface area contributed by atoms with Gasteiger partial charge in [-0.1, -0.05) is 18.6 Å². The quantitative estimate of drug-likeness (QED) is 0.832. The van der Waals surface area contributed by atoms with Crippen molar-refractivity contribution in [3.63, 3.8) is 0 Å². The molecule has 0 saturated carbocycles. The molecule has 1 atom stereocenters. The lowest BCUT2D eigenvalue weighted by Crippen LogP contribution is -2.43. The molecule has 0 aromatic heterocycles. The molecule has 1 aromatic rings. The molecule has 6 heteroatoms. The Labute approximate surface area is 133 Å². The van der Waals surface area contributed by atoms with Crippen molar-refractivity contribution < 1.29 is 13.2 Å². The molecule has 1 aliphatic heterocycles. The highest BCUT2D eigenvalue weighted by Gasteiger charge is 2.19. The molecule has 0 unspecified atom stereocenters. The lowest BCUT2D eigenvalue weighted by molar-refractivity contribution is 0.215. The van der Waals surface area contributed by atoms with Crippen LogP contribution in [0.25, 0.3) is 0 Å². The fourth-order valence-electron chi connectivity index (χ4n) is 2.90. The minimum Gasteiger partial charge on any atom is -0.497 e. The molecule has 0 radical (unpaired) electrons. The number of likely N-dealkylation sites (tertiary alicyclic amines) is 1. The third-order valence-corrected chi connectivity index (χ3v) is 5.33. The van der Waals surface area contributed by atoms with Gasteiger partial charge in [-0.25, -0.2) is 13.1 Å². The van der Waals surface area contributed by atoms with Crippen LogP contribution in [0.3, 0.4) is 0 Å². The highest BCUT2D eigenvalue weighted by Crippen LogP contribution is 2.15. The molecular weight excluding hydrogens is 300 g/mol. The molecule has 1 aliphatic rings. The Morgan fingerprint density at radius 2 is 2.00 bits per heavy atom. The van der Waals surface area contributed by atoms with Crippen molar-refractivity contribution in [3.05, 3.63) is 29.8 Å². The topological polar surface area (TPSA) is 58.6 Å². The van der Waals surface area contributed by atoms with Crippen molar-refractivity contribution in [1.82, 2.24) is 9.62 Å². The molecule has 1 saturated heterocycles. The Kier molecular flexibility index (Phi) is 6.23. The van der Waals surface area contributed by atoms with E-state index in [0.717, 1.165) is 25.2 Å². The minimum absolute atomic E-state index is 0.0193. The van der Waals surface area contributed by atoms with E-state index in [9.17, 15) is 8.42 Å². The molecule has 5 nitrogen and oxygen atoms in total. The van der Waals surface area contributed by atoms with E-state index in [-0.39, 0.29) is 11.8 Å². The highest BCUT2D eigenvalue weighted by atomic mass is 32.2. The Bertz CT molecular complexity index is 569. The Balaban J connectivity index is 1.89. The van der Waals surface area contributed by atoms with E-state index in [0.29, 0.717) is 5.75 Å². The van der Waals surface area contributed by atoms with Crippen LogP contribution < -0.4 is 9.46 Å². The Hall–Kier alpha value is -1.11. The third-order valence-electron chi connectivity index (χ3n) is 3.85. The summed E-state index contributed by atoms with van der Waals surface area (Å²) in [5.41, 5.74) is 0.733. The van der Waals surface area contributed by atoms with E-state index >= 15 is 0 Å². The van der Waals surface area contributed by atoms with Crippen LogP contribution in [-0.2, 0) is 15.8 Å². The lowest BCUT2D eigenvalue weighted by Gasteiger charge is -2.29. The van der Waals surface area contributed by atoms with Gasteiger partial charge in [0.1, 0.15) is 5.75 Å². The first-order chi connectivity index (χ1) is 10.5. The monoisotopic (exact) mass is 326 g/mol. The van der Waals surface area contributed by atoms with Crippen LogP contribution in [0.2, 0.25) is 0 Å². The van der Waals surface area contributed by atoms with Crippen molar-refractivity contribution in [2.75, 3.05) is 26.7 Å². The molecule has 0 spiro atoms. The van der Waals surface area contributed by atoms with Crippen LogP contribution >= 0.6 is 0 Å². The second-order valence-electron chi connectivity index (χ2n) is 5.99. The first-order valence-corrected chi connectivity index (χ1v) is 9.49. The predicted molar refractivity (Wildman–Crippen MR) is 88.5 cm³/mol. The average molecular weight is 326 g/mol. The van der Waals surface area contributed by atoms with E-state index in [2.05, 4.69) is 9.62 Å². The van der Waals surface area contributed by atoms with Gasteiger partial charge < -0.3 is 9.64 Å². The molecule has 2 rings (SSSR count). The van der Waals surface area contributed by atoms with E-state index in [1.807, 2.05) is 13.0 Å². The van der Waals surface area contributed by atoms with Crippen molar-refractivity contribution in [2.45, 2.75) is 38.0 Å². The standard InChI is InChI=1S/C16H26N2O3S/c1-14(12-18-9-4-3-5-10-18)17-22(19,20)13-15-7-6-8-16(11-15)21-2/h6-8,11,14,17H,3-5,9-10,12-13H2,1-2H3/t14-/m1/s1. The van der Waals surface area contributed by atoms with Crippen LogP contribution in [0.1, 0.15) is 31.7 Å². The van der Waals surface area contributed by atoms with Gasteiger partial charge in [0.25, 0.3) is 0 Å². The van der Waals surface area contributed by atoms with Crippen LogP contribution in [0, 0.1) is 0 Å². The van der Waals surface area contributed by atoms with Crippen LogP contribution in [-0.4, -0.2) is 46.1 Å². The molecule has 22 heavy (non-hydrogen) atoms. The van der Waals surface area contributed by atoms with Gasteiger partial charge in [0.05, 0.1) is 12.9 Å². The number of benzene rings is 1. The number of rotatable bonds is 7. The van der Waals surface area contributed by atoms with Gasteiger partial charge in [-0.3, -0.25) is 0 Å². The second kappa shape index (κ2) is 7.94. The van der Waals surface area contributed by atoms with Crippen LogP contribution in [0.4, 0.5) is 0 Å². The maximum atomic E-state index is 12.3. The summed E-state index contributed by atoms with van der Waals surface area (Å²) in [6, 6.07) is 7.10. The van der Waals surface area contributed by atoms with E-state index < -0.39 is 10.0 Å². The van der Waals surface area contributed by atoms with E-state index in [4.69, 9.17) is 4.74 Å². The Morgan fingerprint density at radius 1 is 1.27 bits per heavy atom. The number of ether oxygens (including phenoxy) is 1. The first-order valence-electron chi connectivity index (χ1n) is 7.84. The summed E-state index contributed by atoms with van der Waals surface area (Å²) in [4.78, 5) is 2.34. The highest BCUT2D eigenvalue weighted by molar-refractivity contribution is 7.88. The number of sulfonamides is 1. The SMILES string of the molecule is COc1cccc(CS(=O)(=O)N[C@H](C)CN2CCCCC2)c1. The van der Waals surface area contributed by atoms with Gasteiger partial charge in [0.2, 0.25) is 10.0 Å². The number of hydrogen-bond donors (Lipinski definition) is 1. The number of nitrogens with zero attached hydrogens (tertiary/aromatic N) is 1. The maximum Gasteiger partial charge on any atom is 0.216 e. The molecule has 1 N–H and O–H groups in total.